The molecule has 1 aromatic carbocycles. The number of ether oxygens (including phenoxy) is 1. The maximum absolute atomic E-state index is 14.9. The molecule has 3 aliphatic heterocycles. The summed E-state index contributed by atoms with van der Waals surface area (Å²) in [6.45, 7) is 5.67. The summed E-state index contributed by atoms with van der Waals surface area (Å²) in [7, 11) is 1.73. The van der Waals surface area contributed by atoms with Crippen LogP contribution in [0, 0.1) is 17.7 Å². The Morgan fingerprint density at radius 3 is 2.67 bits per heavy atom. The number of hydrogen-bond acceptors (Lipinski definition) is 7. The predicted molar refractivity (Wildman–Crippen MR) is 124 cm³/mol. The number of rotatable bonds is 5. The molecule has 1 unspecified atom stereocenters. The number of nitrogens with zero attached hydrogens (tertiary/aromatic N) is 4. The highest BCUT2D eigenvalue weighted by Crippen LogP contribution is 2.43. The van der Waals surface area contributed by atoms with E-state index < -0.39 is 11.8 Å². The fourth-order valence-electron chi connectivity index (χ4n) is 5.33. The normalized spacial score (nSPS) is 24.0. The van der Waals surface area contributed by atoms with Crippen molar-refractivity contribution >= 4 is 23.5 Å². The van der Waals surface area contributed by atoms with Gasteiger partial charge in [-0.15, -0.1) is 0 Å². The number of aromatic nitrogens is 2. The Hall–Kier alpha value is -2.65. The average Bonchev–Trinajstić information content (AvgIpc) is 3.21. The molecule has 0 radical (unpaired) electrons. The minimum Gasteiger partial charge on any atom is -0.380 e. The topological polar surface area (TPSA) is 77.4 Å². The van der Waals surface area contributed by atoms with E-state index in [4.69, 9.17) is 10.1 Å². The van der Waals surface area contributed by atoms with Gasteiger partial charge < -0.3 is 25.3 Å². The van der Waals surface area contributed by atoms with E-state index in [1.54, 1.807) is 18.0 Å². The van der Waals surface area contributed by atoms with E-state index in [0.717, 1.165) is 44.1 Å². The maximum atomic E-state index is 14.9. The van der Waals surface area contributed by atoms with E-state index in [-0.39, 0.29) is 12.0 Å². The lowest BCUT2D eigenvalue weighted by Gasteiger charge is -2.37. The van der Waals surface area contributed by atoms with Gasteiger partial charge in [-0.1, -0.05) is 0 Å². The SMILES string of the molecule is Cc1cc(C=N)c(Nc2cc(N3CCC4(COC4)C3)ncn2)cc1C1CCN(C)CC1(F)F. The molecule has 1 spiro atoms. The highest BCUT2D eigenvalue weighted by molar-refractivity contribution is 5.88. The standard InChI is InChI=1S/C24H30F2N6O/c1-16-7-17(10-27)20(8-18(16)19-3-5-31(2)12-24(19,25)26)30-21-9-22(29-15-28-21)32-6-4-23(11-32)13-33-14-23/h7-10,15,19,27H,3-6,11-14H2,1-2H3,(H,28,29,30). The molecule has 0 bridgehead atoms. The smallest absolute Gasteiger partial charge is 0.267 e. The second-order valence-corrected chi connectivity index (χ2v) is 9.83. The van der Waals surface area contributed by atoms with Crippen molar-refractivity contribution in [1.82, 2.24) is 14.9 Å². The molecule has 3 saturated heterocycles. The summed E-state index contributed by atoms with van der Waals surface area (Å²) < 4.78 is 35.2. The van der Waals surface area contributed by atoms with Gasteiger partial charge in [0, 0.05) is 42.0 Å². The van der Waals surface area contributed by atoms with Crippen molar-refractivity contribution in [2.24, 2.45) is 5.41 Å². The first-order chi connectivity index (χ1) is 15.8. The number of alkyl halides is 2. The average molecular weight is 457 g/mol. The Labute approximate surface area is 192 Å². The van der Waals surface area contributed by atoms with Crippen molar-refractivity contribution in [2.75, 3.05) is 56.7 Å². The molecule has 5 rings (SSSR count). The lowest BCUT2D eigenvalue weighted by molar-refractivity contribution is -0.0985. The maximum Gasteiger partial charge on any atom is 0.267 e. The molecule has 0 saturated carbocycles. The molecule has 33 heavy (non-hydrogen) atoms. The first-order valence-electron chi connectivity index (χ1n) is 11.4. The van der Waals surface area contributed by atoms with Gasteiger partial charge >= 0.3 is 0 Å². The molecule has 2 aromatic rings. The van der Waals surface area contributed by atoms with Gasteiger partial charge in [0.05, 0.1) is 25.7 Å². The fraction of sp³-hybridized carbons (Fsp3) is 0.542. The summed E-state index contributed by atoms with van der Waals surface area (Å²) in [5.74, 6) is -2.23. The van der Waals surface area contributed by atoms with E-state index in [1.807, 2.05) is 19.1 Å². The number of nitrogens with one attached hydrogen (secondary N) is 2. The second kappa shape index (κ2) is 8.29. The van der Waals surface area contributed by atoms with Crippen LogP contribution in [0.25, 0.3) is 0 Å². The van der Waals surface area contributed by atoms with E-state index in [0.29, 0.717) is 35.6 Å². The number of piperidine rings is 1. The van der Waals surface area contributed by atoms with Crippen molar-refractivity contribution in [3.05, 3.63) is 41.2 Å². The van der Waals surface area contributed by atoms with Crippen LogP contribution in [0.5, 0.6) is 0 Å². The molecule has 7 nitrogen and oxygen atoms in total. The van der Waals surface area contributed by atoms with E-state index >= 15 is 0 Å². The van der Waals surface area contributed by atoms with E-state index in [9.17, 15) is 8.78 Å². The van der Waals surface area contributed by atoms with Crippen molar-refractivity contribution in [3.63, 3.8) is 0 Å². The lowest BCUT2D eigenvalue weighted by Crippen LogP contribution is -2.45. The van der Waals surface area contributed by atoms with Gasteiger partial charge in [-0.2, -0.15) is 0 Å². The van der Waals surface area contributed by atoms with Crippen LogP contribution in [0.2, 0.25) is 0 Å². The third-order valence-corrected chi connectivity index (χ3v) is 7.25. The van der Waals surface area contributed by atoms with Gasteiger partial charge in [0.2, 0.25) is 0 Å². The first kappa shape index (κ1) is 22.2. The number of benzene rings is 1. The van der Waals surface area contributed by atoms with Crippen LogP contribution >= 0.6 is 0 Å². The van der Waals surface area contributed by atoms with Gasteiger partial charge in [-0.3, -0.25) is 0 Å². The van der Waals surface area contributed by atoms with Crippen LogP contribution in [-0.2, 0) is 4.74 Å². The molecule has 2 N–H and O–H groups in total. The van der Waals surface area contributed by atoms with Gasteiger partial charge in [-0.05, 0) is 56.6 Å². The van der Waals surface area contributed by atoms with Crippen molar-refractivity contribution in [2.45, 2.75) is 31.6 Å². The van der Waals surface area contributed by atoms with Crippen LogP contribution in [0.1, 0.15) is 35.4 Å². The van der Waals surface area contributed by atoms with Crippen molar-refractivity contribution < 1.29 is 13.5 Å². The molecule has 1 aromatic heterocycles. The first-order valence-corrected chi connectivity index (χ1v) is 11.4. The van der Waals surface area contributed by atoms with E-state index in [2.05, 4.69) is 20.2 Å². The largest absolute Gasteiger partial charge is 0.380 e. The highest BCUT2D eigenvalue weighted by atomic mass is 19.3. The Morgan fingerprint density at radius 1 is 1.18 bits per heavy atom. The van der Waals surface area contributed by atoms with Crippen molar-refractivity contribution in [1.29, 1.82) is 5.41 Å². The summed E-state index contributed by atoms with van der Waals surface area (Å²) in [6.07, 6.45) is 4.24. The second-order valence-electron chi connectivity index (χ2n) is 9.83. The number of anilines is 3. The zero-order valence-corrected chi connectivity index (χ0v) is 19.1. The molecule has 3 aliphatic rings. The Kier molecular flexibility index (Phi) is 5.56. The van der Waals surface area contributed by atoms with Gasteiger partial charge in [0.25, 0.3) is 5.92 Å². The summed E-state index contributed by atoms with van der Waals surface area (Å²) in [5, 5.41) is 11.1. The van der Waals surface area contributed by atoms with Crippen LogP contribution in [0.15, 0.2) is 24.5 Å². The van der Waals surface area contributed by atoms with Gasteiger partial charge in [0.1, 0.15) is 18.0 Å². The van der Waals surface area contributed by atoms with Crippen LogP contribution < -0.4 is 10.2 Å². The summed E-state index contributed by atoms with van der Waals surface area (Å²) >= 11 is 0. The minimum atomic E-state index is -2.81. The molecule has 3 fully saturated rings. The summed E-state index contributed by atoms with van der Waals surface area (Å²) in [6, 6.07) is 5.47. The monoisotopic (exact) mass is 456 g/mol. The molecule has 0 aliphatic carbocycles. The Balaban J connectivity index is 1.41. The van der Waals surface area contributed by atoms with Gasteiger partial charge in [0.15, 0.2) is 0 Å². The fourth-order valence-corrected chi connectivity index (χ4v) is 5.33. The van der Waals surface area contributed by atoms with Crippen LogP contribution in [0.3, 0.4) is 0 Å². The quantitative estimate of drug-likeness (QED) is 0.667. The number of likely N-dealkylation sites (tertiary alicyclic amines) is 1. The summed E-state index contributed by atoms with van der Waals surface area (Å²) in [4.78, 5) is 12.7. The molecule has 4 heterocycles. The number of halogens is 2. The predicted octanol–water partition coefficient (Wildman–Crippen LogP) is 3.81. The van der Waals surface area contributed by atoms with E-state index in [1.165, 1.54) is 12.5 Å². The number of hydrogen-bond donors (Lipinski definition) is 2. The summed E-state index contributed by atoms with van der Waals surface area (Å²) in [5.41, 5.74) is 2.90. The molecular weight excluding hydrogens is 426 g/mol. The molecule has 1 atom stereocenters. The Morgan fingerprint density at radius 2 is 2.00 bits per heavy atom. The molecule has 176 valence electrons. The zero-order chi connectivity index (χ0) is 23.2. The highest BCUT2D eigenvalue weighted by Gasteiger charge is 2.46. The van der Waals surface area contributed by atoms with Crippen molar-refractivity contribution in [3.8, 4) is 0 Å². The zero-order valence-electron chi connectivity index (χ0n) is 19.1. The van der Waals surface area contributed by atoms with Crippen LogP contribution in [0.4, 0.5) is 26.1 Å². The minimum absolute atomic E-state index is 0.246. The lowest BCUT2D eigenvalue weighted by atomic mass is 9.83. The van der Waals surface area contributed by atoms with Gasteiger partial charge in [-0.25, -0.2) is 18.7 Å². The number of aryl methyl sites for hydroxylation is 1. The Bertz CT molecular complexity index is 1060. The third-order valence-electron chi connectivity index (χ3n) is 7.25. The molecular formula is C24H30F2N6O. The van der Waals surface area contributed by atoms with Crippen LogP contribution in [-0.4, -0.2) is 73.4 Å². The molecule has 9 heteroatoms. The molecule has 0 amide bonds. The third kappa shape index (κ3) is 4.19.